The molecular formula is C18H4F21N. The van der Waals surface area contributed by atoms with Crippen LogP contribution < -0.4 is 5.32 Å². The summed E-state index contributed by atoms with van der Waals surface area (Å²) >= 11 is 0. The van der Waals surface area contributed by atoms with Crippen LogP contribution in [-0.2, 0) is 6.18 Å². The van der Waals surface area contributed by atoms with E-state index in [1.807, 2.05) is 0 Å². The number of halogens is 21. The Morgan fingerprint density at radius 3 is 1.00 bits per heavy atom. The molecule has 1 nitrogen and oxygen atoms in total. The summed E-state index contributed by atoms with van der Waals surface area (Å²) in [5, 5.41) is -1.10. The van der Waals surface area contributed by atoms with Gasteiger partial charge in [0.05, 0.1) is 5.56 Å². The molecule has 0 spiro atoms. The molecule has 0 aliphatic heterocycles. The van der Waals surface area contributed by atoms with Crippen molar-refractivity contribution in [1.29, 1.82) is 0 Å². The number of benzene rings is 2. The maximum Gasteiger partial charge on any atom is 0.469 e. The van der Waals surface area contributed by atoms with Gasteiger partial charge in [-0.25, -0.2) is 35.1 Å². The van der Waals surface area contributed by atoms with Gasteiger partial charge in [-0.05, 0) is 12.5 Å². The van der Waals surface area contributed by atoms with Crippen molar-refractivity contribution in [2.24, 2.45) is 0 Å². The second-order valence-corrected chi connectivity index (χ2v) is 7.03. The maximum absolute atomic E-state index is 13.8. The van der Waals surface area contributed by atoms with Crippen molar-refractivity contribution < 1.29 is 92.2 Å². The lowest BCUT2D eigenvalue weighted by atomic mass is 9.92. The van der Waals surface area contributed by atoms with E-state index in [1.54, 1.807) is 0 Å². The number of hydrogen-bond donors (Lipinski definition) is 1. The first kappa shape index (κ1) is 35.0. The molecule has 40 heavy (non-hydrogen) atoms. The highest BCUT2D eigenvalue weighted by Crippen LogP contribution is 2.45. The third-order valence-electron chi connectivity index (χ3n) is 4.33. The molecule has 0 unspecified atom stereocenters. The SMILES string of the molecule is Cc1c(F)c(F)c(F)c(C(F)(F)F)c1-c1c(F)c(F)c(F)c(F)c1F.FC(F)(F)C(F)(F)NC(F)(F)C(F)(F)F. The monoisotopic (exact) mass is 633 g/mol. The molecule has 0 bridgehead atoms. The van der Waals surface area contributed by atoms with Crippen LogP contribution in [0.1, 0.15) is 11.1 Å². The first-order chi connectivity index (χ1) is 17.5. The van der Waals surface area contributed by atoms with Crippen LogP contribution >= 0.6 is 0 Å². The van der Waals surface area contributed by atoms with Crippen molar-refractivity contribution in [3.05, 3.63) is 57.7 Å². The summed E-state index contributed by atoms with van der Waals surface area (Å²) in [7, 11) is 0. The molecule has 0 aliphatic carbocycles. The van der Waals surface area contributed by atoms with Crippen LogP contribution in [0.4, 0.5) is 92.2 Å². The van der Waals surface area contributed by atoms with Crippen molar-refractivity contribution in [2.75, 3.05) is 0 Å². The molecule has 2 rings (SSSR count). The summed E-state index contributed by atoms with van der Waals surface area (Å²) in [6.45, 7) is 0.362. The normalized spacial score (nSPS) is 13.3. The van der Waals surface area contributed by atoms with Crippen molar-refractivity contribution >= 4 is 0 Å². The van der Waals surface area contributed by atoms with E-state index in [-0.39, 0.29) is 0 Å². The number of rotatable bonds is 3. The van der Waals surface area contributed by atoms with Gasteiger partial charge >= 0.3 is 30.6 Å². The minimum atomic E-state index is -6.55. The molecule has 0 saturated heterocycles. The van der Waals surface area contributed by atoms with Gasteiger partial charge in [-0.3, -0.25) is 0 Å². The summed E-state index contributed by atoms with van der Waals surface area (Å²) in [4.78, 5) is 0. The Bertz CT molecular complexity index is 1210. The molecule has 228 valence electrons. The molecular weight excluding hydrogens is 629 g/mol. The molecule has 0 fully saturated rings. The van der Waals surface area contributed by atoms with Crippen LogP contribution in [0.3, 0.4) is 0 Å². The van der Waals surface area contributed by atoms with Gasteiger partial charge in [0, 0.05) is 5.56 Å². The second-order valence-electron chi connectivity index (χ2n) is 7.03. The van der Waals surface area contributed by atoms with E-state index in [1.165, 1.54) is 0 Å². The van der Waals surface area contributed by atoms with Crippen LogP contribution in [0.2, 0.25) is 0 Å². The van der Waals surface area contributed by atoms with Gasteiger partial charge < -0.3 is 0 Å². The molecule has 2 aromatic carbocycles. The Balaban J connectivity index is 0.000000459. The van der Waals surface area contributed by atoms with Gasteiger partial charge in [0.25, 0.3) is 0 Å². The lowest BCUT2D eigenvalue weighted by Crippen LogP contribution is -2.61. The number of hydrogen-bond acceptors (Lipinski definition) is 1. The van der Waals surface area contributed by atoms with Gasteiger partial charge in [-0.1, -0.05) is 0 Å². The van der Waals surface area contributed by atoms with E-state index < -0.39 is 105 Å². The summed E-state index contributed by atoms with van der Waals surface area (Å²) in [5.74, 6) is -21.2. The fourth-order valence-electron chi connectivity index (χ4n) is 2.52. The van der Waals surface area contributed by atoms with Crippen molar-refractivity contribution in [3.8, 4) is 11.1 Å². The highest BCUT2D eigenvalue weighted by Gasteiger charge is 2.68. The molecule has 0 saturated carbocycles. The fraction of sp³-hybridized carbons (Fsp3) is 0.333. The van der Waals surface area contributed by atoms with Gasteiger partial charge in [-0.15, -0.1) is 0 Å². The third-order valence-corrected chi connectivity index (χ3v) is 4.33. The van der Waals surface area contributed by atoms with Crippen molar-refractivity contribution in [3.63, 3.8) is 0 Å². The fourth-order valence-corrected chi connectivity index (χ4v) is 2.52. The zero-order valence-corrected chi connectivity index (χ0v) is 17.9. The van der Waals surface area contributed by atoms with Gasteiger partial charge in [-0.2, -0.15) is 62.4 Å². The van der Waals surface area contributed by atoms with Crippen LogP contribution in [0.25, 0.3) is 11.1 Å². The Morgan fingerprint density at radius 2 is 0.700 bits per heavy atom. The van der Waals surface area contributed by atoms with E-state index in [4.69, 9.17) is 0 Å². The number of alkyl halides is 13. The Labute approximate surface area is 205 Å². The molecule has 0 aliphatic rings. The average Bonchev–Trinajstić information content (AvgIpc) is 2.75. The Morgan fingerprint density at radius 1 is 0.400 bits per heavy atom. The zero-order valence-electron chi connectivity index (χ0n) is 17.9. The quantitative estimate of drug-likeness (QED) is 0.155. The summed E-state index contributed by atoms with van der Waals surface area (Å²) < 4.78 is 261. The zero-order chi connectivity index (χ0) is 32.1. The summed E-state index contributed by atoms with van der Waals surface area (Å²) in [6, 6.07) is -12.7. The second kappa shape index (κ2) is 10.7. The molecule has 1 N–H and O–H groups in total. The first-order valence-corrected chi connectivity index (χ1v) is 8.97. The van der Waals surface area contributed by atoms with E-state index in [0.717, 1.165) is 0 Å². The summed E-state index contributed by atoms with van der Waals surface area (Å²) in [5.41, 5.74) is -8.45. The van der Waals surface area contributed by atoms with Gasteiger partial charge in [0.2, 0.25) is 5.82 Å². The highest BCUT2D eigenvalue weighted by atomic mass is 19.4. The molecule has 0 atom stereocenters. The molecule has 22 heteroatoms. The van der Waals surface area contributed by atoms with E-state index in [2.05, 4.69) is 0 Å². The van der Waals surface area contributed by atoms with E-state index in [9.17, 15) is 92.2 Å². The molecule has 2 aromatic rings. The van der Waals surface area contributed by atoms with Crippen LogP contribution in [-0.4, -0.2) is 24.4 Å². The number of nitrogens with one attached hydrogen (secondary N) is 1. The van der Waals surface area contributed by atoms with Crippen molar-refractivity contribution in [2.45, 2.75) is 37.5 Å². The molecule has 0 amide bonds. The molecule has 0 radical (unpaired) electrons. The lowest BCUT2D eigenvalue weighted by molar-refractivity contribution is -0.362. The van der Waals surface area contributed by atoms with E-state index >= 15 is 0 Å². The van der Waals surface area contributed by atoms with Gasteiger partial charge in [0.1, 0.15) is 5.56 Å². The van der Waals surface area contributed by atoms with E-state index in [0.29, 0.717) is 6.92 Å². The average molecular weight is 633 g/mol. The van der Waals surface area contributed by atoms with Gasteiger partial charge in [0.15, 0.2) is 40.7 Å². The highest BCUT2D eigenvalue weighted by molar-refractivity contribution is 5.73. The predicted octanol–water partition coefficient (Wildman–Crippen LogP) is 8.68. The topological polar surface area (TPSA) is 12.0 Å². The largest absolute Gasteiger partial charge is 0.469 e. The van der Waals surface area contributed by atoms with Crippen molar-refractivity contribution in [1.82, 2.24) is 5.32 Å². The predicted molar refractivity (Wildman–Crippen MR) is 86.4 cm³/mol. The lowest BCUT2D eigenvalue weighted by Gasteiger charge is -2.27. The maximum atomic E-state index is 13.8. The first-order valence-electron chi connectivity index (χ1n) is 8.97. The minimum Gasteiger partial charge on any atom is -0.203 e. The van der Waals surface area contributed by atoms with Crippen LogP contribution in [0, 0.1) is 53.5 Å². The standard InChI is InChI=1S/C14H3F11.C4HF10N/c1-2-3(4-7(16)11(20)13(22)12(21)8(4)17)5(14(23,24)25)9(18)10(19)6(2)15;5-1(6,7)3(11,12)15-4(13,14)2(8,9)10/h1H3;15H. The Hall–Kier alpha value is -3.07. The molecule has 0 heterocycles. The molecule has 0 aromatic heterocycles. The van der Waals surface area contributed by atoms with Crippen LogP contribution in [0.15, 0.2) is 0 Å². The summed E-state index contributed by atoms with van der Waals surface area (Å²) in [6.07, 6.45) is -18.9. The third kappa shape index (κ3) is 6.45. The van der Waals surface area contributed by atoms with Crippen LogP contribution in [0.5, 0.6) is 0 Å². The smallest absolute Gasteiger partial charge is 0.203 e. The Kier molecular flexibility index (Phi) is 9.37. The minimum absolute atomic E-state index is 0.362.